The van der Waals surface area contributed by atoms with Crippen molar-refractivity contribution in [2.24, 2.45) is 0 Å². The van der Waals surface area contributed by atoms with Crippen molar-refractivity contribution in [2.75, 3.05) is 0 Å². The molecular formula is C25H24FNO3. The smallest absolute Gasteiger partial charge is 0.335 e. The molecule has 0 saturated carbocycles. The number of fused-ring (bicyclic) bond motifs is 3. The van der Waals surface area contributed by atoms with Gasteiger partial charge in [0.05, 0.1) is 17.9 Å². The van der Waals surface area contributed by atoms with Crippen LogP contribution in [-0.4, -0.2) is 21.2 Å². The molecule has 4 rings (SSSR count). The van der Waals surface area contributed by atoms with Crippen LogP contribution in [0, 0.1) is 5.82 Å². The Balaban J connectivity index is 2.05. The van der Waals surface area contributed by atoms with Gasteiger partial charge >= 0.3 is 5.97 Å². The van der Waals surface area contributed by atoms with E-state index in [1.54, 1.807) is 24.3 Å². The number of hydrogen-bond donors (Lipinski definition) is 2. The predicted octanol–water partition coefficient (Wildman–Crippen LogP) is 5.36. The monoisotopic (exact) mass is 405 g/mol. The molecule has 1 aliphatic rings. The van der Waals surface area contributed by atoms with Crippen LogP contribution >= 0.6 is 0 Å². The molecule has 3 aromatic rings. The van der Waals surface area contributed by atoms with Gasteiger partial charge in [-0.25, -0.2) is 9.18 Å². The minimum Gasteiger partial charge on any atom is -0.478 e. The van der Waals surface area contributed by atoms with Crippen LogP contribution in [0.15, 0.2) is 42.5 Å². The number of carbonyl (C=O) groups is 1. The zero-order valence-electron chi connectivity index (χ0n) is 17.1. The van der Waals surface area contributed by atoms with Gasteiger partial charge in [-0.2, -0.15) is 0 Å². The molecule has 0 amide bonds. The van der Waals surface area contributed by atoms with Crippen molar-refractivity contribution >= 4 is 5.97 Å². The Kier molecular flexibility index (Phi) is 5.39. The molecule has 1 aliphatic carbocycles. The third-order valence-corrected chi connectivity index (χ3v) is 5.75. The molecule has 0 spiro atoms. The van der Waals surface area contributed by atoms with E-state index in [4.69, 9.17) is 4.98 Å². The van der Waals surface area contributed by atoms with Crippen LogP contribution in [0.3, 0.4) is 0 Å². The number of aromatic nitrogens is 1. The summed E-state index contributed by atoms with van der Waals surface area (Å²) < 4.78 is 13.6. The van der Waals surface area contributed by atoms with Gasteiger partial charge in [0.1, 0.15) is 5.82 Å². The first kappa shape index (κ1) is 20.2. The lowest BCUT2D eigenvalue weighted by Gasteiger charge is -2.22. The predicted molar refractivity (Wildman–Crippen MR) is 114 cm³/mol. The summed E-state index contributed by atoms with van der Waals surface area (Å²) in [5.74, 6) is -1.16. The maximum Gasteiger partial charge on any atom is 0.335 e. The standard InChI is InChI=1S/C25H24FNO3/c1-14(2)23-21(13-28)22(15-6-9-18(26)10-7-15)20-5-3-4-16-12-17(25(29)30)8-11-19(16)24(20)27-23/h6-12,14,28H,3-5,13H2,1-2H3,(H,29,30). The van der Waals surface area contributed by atoms with Gasteiger partial charge in [-0.05, 0) is 71.7 Å². The van der Waals surface area contributed by atoms with Crippen LogP contribution in [0.5, 0.6) is 0 Å². The van der Waals surface area contributed by atoms with E-state index in [0.717, 1.165) is 64.0 Å². The number of halogens is 1. The lowest BCUT2D eigenvalue weighted by Crippen LogP contribution is -2.09. The Morgan fingerprint density at radius 1 is 1.13 bits per heavy atom. The van der Waals surface area contributed by atoms with Crippen LogP contribution in [0.1, 0.15) is 58.9 Å². The Morgan fingerprint density at radius 2 is 1.87 bits per heavy atom. The number of pyridine rings is 1. The summed E-state index contributed by atoms with van der Waals surface area (Å²) in [4.78, 5) is 16.4. The first-order valence-electron chi connectivity index (χ1n) is 10.2. The summed E-state index contributed by atoms with van der Waals surface area (Å²) >= 11 is 0. The van der Waals surface area contributed by atoms with Crippen molar-refractivity contribution in [2.45, 2.75) is 45.6 Å². The fourth-order valence-electron chi connectivity index (χ4n) is 4.37. The van der Waals surface area contributed by atoms with Gasteiger partial charge in [0, 0.05) is 16.8 Å². The summed E-state index contributed by atoms with van der Waals surface area (Å²) in [6.07, 6.45) is 2.34. The normalized spacial score (nSPS) is 13.0. The van der Waals surface area contributed by atoms with E-state index >= 15 is 0 Å². The molecule has 2 N–H and O–H groups in total. The highest BCUT2D eigenvalue weighted by Crippen LogP contribution is 2.41. The number of carboxylic acids is 1. The highest BCUT2D eigenvalue weighted by atomic mass is 19.1. The van der Waals surface area contributed by atoms with Crippen molar-refractivity contribution in [1.29, 1.82) is 0 Å². The zero-order chi connectivity index (χ0) is 21.4. The molecule has 4 nitrogen and oxygen atoms in total. The van der Waals surface area contributed by atoms with Gasteiger partial charge < -0.3 is 10.2 Å². The molecule has 1 heterocycles. The second kappa shape index (κ2) is 8.00. The number of rotatable bonds is 4. The largest absolute Gasteiger partial charge is 0.478 e. The minimum atomic E-state index is -0.944. The van der Waals surface area contributed by atoms with Crippen LogP contribution in [0.25, 0.3) is 22.4 Å². The molecular weight excluding hydrogens is 381 g/mol. The Hall–Kier alpha value is -3.05. The number of aliphatic hydroxyl groups excluding tert-OH is 1. The third kappa shape index (κ3) is 3.50. The Labute approximate surface area is 175 Å². The van der Waals surface area contributed by atoms with Gasteiger partial charge in [0.25, 0.3) is 0 Å². The SMILES string of the molecule is CC(C)c1nc2c(c(-c3ccc(F)cc3)c1CO)CCCc1cc(C(=O)O)ccc1-2. The van der Waals surface area contributed by atoms with E-state index in [2.05, 4.69) is 0 Å². The average molecular weight is 405 g/mol. The number of aromatic carboxylic acids is 1. The van der Waals surface area contributed by atoms with E-state index in [9.17, 15) is 19.4 Å². The van der Waals surface area contributed by atoms with Crippen molar-refractivity contribution in [3.63, 3.8) is 0 Å². The van der Waals surface area contributed by atoms with E-state index in [1.807, 2.05) is 19.9 Å². The second-order valence-electron chi connectivity index (χ2n) is 8.03. The summed E-state index contributed by atoms with van der Waals surface area (Å²) in [5.41, 5.74) is 7.39. The molecule has 30 heavy (non-hydrogen) atoms. The van der Waals surface area contributed by atoms with Crippen LogP contribution in [0.4, 0.5) is 4.39 Å². The molecule has 0 radical (unpaired) electrons. The molecule has 2 aromatic carbocycles. The lowest BCUT2D eigenvalue weighted by atomic mass is 9.87. The second-order valence-corrected chi connectivity index (χ2v) is 8.03. The third-order valence-electron chi connectivity index (χ3n) is 5.75. The quantitative estimate of drug-likeness (QED) is 0.613. The Bertz CT molecular complexity index is 1120. The van der Waals surface area contributed by atoms with Gasteiger partial charge in [-0.1, -0.05) is 32.0 Å². The molecule has 0 atom stereocenters. The first-order valence-corrected chi connectivity index (χ1v) is 10.2. The summed E-state index contributed by atoms with van der Waals surface area (Å²) in [7, 11) is 0. The summed E-state index contributed by atoms with van der Waals surface area (Å²) in [6.45, 7) is 3.92. The lowest BCUT2D eigenvalue weighted by molar-refractivity contribution is 0.0696. The van der Waals surface area contributed by atoms with Gasteiger partial charge in [0.2, 0.25) is 0 Å². The molecule has 0 bridgehead atoms. The minimum absolute atomic E-state index is 0.0849. The summed E-state index contributed by atoms with van der Waals surface area (Å²) in [6, 6.07) is 11.5. The molecule has 0 saturated heterocycles. The highest BCUT2D eigenvalue weighted by Gasteiger charge is 2.26. The number of aryl methyl sites for hydroxylation is 1. The van der Waals surface area contributed by atoms with E-state index in [0.29, 0.717) is 0 Å². The first-order chi connectivity index (χ1) is 14.4. The molecule has 154 valence electrons. The van der Waals surface area contributed by atoms with Crippen molar-refractivity contribution in [1.82, 2.24) is 4.98 Å². The number of carboxylic acid groups (broad SMARTS) is 1. The van der Waals surface area contributed by atoms with Crippen LogP contribution in [-0.2, 0) is 19.4 Å². The van der Waals surface area contributed by atoms with E-state index < -0.39 is 5.97 Å². The molecule has 5 heteroatoms. The van der Waals surface area contributed by atoms with E-state index in [-0.39, 0.29) is 23.9 Å². The maximum atomic E-state index is 13.6. The molecule has 0 fully saturated rings. The van der Waals surface area contributed by atoms with Gasteiger partial charge in [-0.15, -0.1) is 0 Å². The van der Waals surface area contributed by atoms with Crippen molar-refractivity contribution in [3.8, 4) is 22.4 Å². The number of hydrogen-bond acceptors (Lipinski definition) is 3. The Morgan fingerprint density at radius 3 is 2.50 bits per heavy atom. The summed E-state index contributed by atoms with van der Waals surface area (Å²) in [5, 5.41) is 19.6. The van der Waals surface area contributed by atoms with Crippen LogP contribution < -0.4 is 0 Å². The zero-order valence-corrected chi connectivity index (χ0v) is 17.1. The van der Waals surface area contributed by atoms with Crippen LogP contribution in [0.2, 0.25) is 0 Å². The molecule has 0 unspecified atom stereocenters. The fraction of sp³-hybridized carbons (Fsp3) is 0.280. The number of aliphatic hydroxyl groups is 1. The van der Waals surface area contributed by atoms with Gasteiger partial charge in [-0.3, -0.25) is 4.98 Å². The fourth-order valence-corrected chi connectivity index (χ4v) is 4.37. The molecule has 1 aromatic heterocycles. The molecule has 0 aliphatic heterocycles. The van der Waals surface area contributed by atoms with Crippen molar-refractivity contribution in [3.05, 3.63) is 76.2 Å². The van der Waals surface area contributed by atoms with E-state index in [1.165, 1.54) is 12.1 Å². The highest BCUT2D eigenvalue weighted by molar-refractivity contribution is 5.89. The van der Waals surface area contributed by atoms with Crippen molar-refractivity contribution < 1.29 is 19.4 Å². The maximum absolute atomic E-state index is 13.6. The number of nitrogens with zero attached hydrogens (tertiary/aromatic N) is 1. The average Bonchev–Trinajstić information content (AvgIpc) is 2.91. The van der Waals surface area contributed by atoms with Gasteiger partial charge in [0.15, 0.2) is 0 Å². The number of benzene rings is 2. The topological polar surface area (TPSA) is 70.4 Å².